The second kappa shape index (κ2) is 5.64. The van der Waals surface area contributed by atoms with Gasteiger partial charge in [-0.1, -0.05) is 19.8 Å². The van der Waals surface area contributed by atoms with Crippen LogP contribution in [0.25, 0.3) is 0 Å². The Balaban J connectivity index is 3.01. The summed E-state index contributed by atoms with van der Waals surface area (Å²) in [6, 6.07) is 1.69. The van der Waals surface area contributed by atoms with Crippen molar-refractivity contribution in [2.45, 2.75) is 39.5 Å². The lowest BCUT2D eigenvalue weighted by Crippen LogP contribution is -2.33. The Kier molecular flexibility index (Phi) is 4.47. The number of hydrogen-bond donors (Lipinski definition) is 1. The second-order valence-corrected chi connectivity index (χ2v) is 4.17. The maximum atomic E-state index is 11.1. The summed E-state index contributed by atoms with van der Waals surface area (Å²) in [5.41, 5.74) is 2.48. The Morgan fingerprint density at radius 3 is 2.69 bits per heavy atom. The van der Waals surface area contributed by atoms with Crippen molar-refractivity contribution >= 4 is 5.97 Å². The fourth-order valence-corrected chi connectivity index (χ4v) is 1.87. The highest BCUT2D eigenvalue weighted by Crippen LogP contribution is 2.14. The van der Waals surface area contributed by atoms with Crippen molar-refractivity contribution in [1.82, 2.24) is 0 Å². The van der Waals surface area contributed by atoms with Crippen LogP contribution in [0.15, 0.2) is 12.3 Å². The van der Waals surface area contributed by atoms with Gasteiger partial charge in [-0.15, -0.1) is 0 Å². The average molecular weight is 222 g/mol. The maximum Gasteiger partial charge on any atom is 0.336 e. The second-order valence-electron chi connectivity index (χ2n) is 4.17. The number of carboxylic acids is 1. The number of unbranched alkanes of at least 4 members (excludes halogenated alkanes) is 2. The number of carboxylic acid groups (broad SMARTS) is 1. The monoisotopic (exact) mass is 222 g/mol. The van der Waals surface area contributed by atoms with E-state index >= 15 is 0 Å². The molecule has 1 rings (SSSR count). The van der Waals surface area contributed by atoms with Crippen molar-refractivity contribution in [2.24, 2.45) is 7.05 Å². The number of hydrogen-bond acceptors (Lipinski definition) is 1. The van der Waals surface area contributed by atoms with Crippen LogP contribution in [0.4, 0.5) is 0 Å². The molecule has 1 N–H and O–H groups in total. The van der Waals surface area contributed by atoms with Gasteiger partial charge in [0.1, 0.15) is 7.05 Å². The molecule has 0 spiro atoms. The standard InChI is InChI=1S/C13H19NO2/c1-4-5-6-7-11-10(2)14(3)9-8-12(11)13(15)16/h8-9H,4-7H2,1-3H3/p+1. The molecule has 0 radical (unpaired) electrons. The van der Waals surface area contributed by atoms with E-state index in [1.807, 2.05) is 24.7 Å². The van der Waals surface area contributed by atoms with Crippen LogP contribution in [0.1, 0.15) is 47.8 Å². The minimum Gasteiger partial charge on any atom is -0.478 e. The maximum absolute atomic E-state index is 11.1. The van der Waals surface area contributed by atoms with Gasteiger partial charge in [-0.3, -0.25) is 0 Å². The number of rotatable bonds is 5. The molecule has 16 heavy (non-hydrogen) atoms. The highest BCUT2D eigenvalue weighted by molar-refractivity contribution is 5.89. The number of aromatic carboxylic acids is 1. The van der Waals surface area contributed by atoms with Gasteiger partial charge in [0.05, 0.1) is 5.56 Å². The molecule has 0 aromatic carbocycles. The number of pyridine rings is 1. The van der Waals surface area contributed by atoms with Gasteiger partial charge in [0, 0.05) is 18.6 Å². The molecular formula is C13H20NO2+. The molecule has 0 atom stereocenters. The lowest BCUT2D eigenvalue weighted by molar-refractivity contribution is -0.678. The quantitative estimate of drug-likeness (QED) is 0.613. The molecule has 0 fully saturated rings. The molecule has 1 aromatic rings. The summed E-state index contributed by atoms with van der Waals surface area (Å²) in [6.07, 6.45) is 6.03. The molecule has 0 amide bonds. The smallest absolute Gasteiger partial charge is 0.336 e. The third-order valence-corrected chi connectivity index (χ3v) is 3.02. The van der Waals surface area contributed by atoms with E-state index in [4.69, 9.17) is 5.11 Å². The summed E-state index contributed by atoms with van der Waals surface area (Å²) < 4.78 is 1.98. The molecule has 1 heterocycles. The normalized spacial score (nSPS) is 10.4. The zero-order valence-corrected chi connectivity index (χ0v) is 10.3. The molecule has 0 bridgehead atoms. The molecule has 0 saturated carbocycles. The first-order valence-corrected chi connectivity index (χ1v) is 5.79. The summed E-state index contributed by atoms with van der Waals surface area (Å²) in [4.78, 5) is 11.1. The van der Waals surface area contributed by atoms with E-state index in [9.17, 15) is 4.79 Å². The van der Waals surface area contributed by atoms with Gasteiger partial charge in [-0.25, -0.2) is 9.36 Å². The van der Waals surface area contributed by atoms with Crippen LogP contribution in [-0.4, -0.2) is 11.1 Å². The Labute approximate surface area is 96.7 Å². The minimum atomic E-state index is -0.824. The Bertz CT molecular complexity index is 386. The summed E-state index contributed by atoms with van der Waals surface area (Å²) in [7, 11) is 1.95. The van der Waals surface area contributed by atoms with E-state index in [-0.39, 0.29) is 0 Å². The third-order valence-electron chi connectivity index (χ3n) is 3.02. The SMILES string of the molecule is CCCCCc1c(C(=O)O)cc[n+](C)c1C. The predicted molar refractivity (Wildman–Crippen MR) is 62.5 cm³/mol. The van der Waals surface area contributed by atoms with E-state index in [0.29, 0.717) is 5.56 Å². The molecule has 88 valence electrons. The van der Waals surface area contributed by atoms with E-state index in [0.717, 1.165) is 36.9 Å². The lowest BCUT2D eigenvalue weighted by Gasteiger charge is -2.07. The van der Waals surface area contributed by atoms with Crippen LogP contribution in [0.3, 0.4) is 0 Å². The number of aryl methyl sites for hydroxylation is 1. The van der Waals surface area contributed by atoms with Gasteiger partial charge >= 0.3 is 5.97 Å². The van der Waals surface area contributed by atoms with Gasteiger partial charge in [0.25, 0.3) is 0 Å². The minimum absolute atomic E-state index is 0.451. The van der Waals surface area contributed by atoms with Crippen LogP contribution in [0.2, 0.25) is 0 Å². The first-order valence-electron chi connectivity index (χ1n) is 5.79. The molecule has 0 aliphatic heterocycles. The highest BCUT2D eigenvalue weighted by atomic mass is 16.4. The predicted octanol–water partition coefficient (Wildman–Crippen LogP) is 2.25. The van der Waals surface area contributed by atoms with Crippen molar-refractivity contribution in [3.8, 4) is 0 Å². The largest absolute Gasteiger partial charge is 0.478 e. The van der Waals surface area contributed by atoms with Crippen molar-refractivity contribution in [1.29, 1.82) is 0 Å². The molecule has 0 unspecified atom stereocenters. The van der Waals surface area contributed by atoms with Crippen molar-refractivity contribution in [2.75, 3.05) is 0 Å². The van der Waals surface area contributed by atoms with Gasteiger partial charge < -0.3 is 5.11 Å². The molecule has 0 aliphatic rings. The Morgan fingerprint density at radius 1 is 1.44 bits per heavy atom. The van der Waals surface area contributed by atoms with Crippen LogP contribution < -0.4 is 4.57 Å². The molecule has 0 saturated heterocycles. The third kappa shape index (κ3) is 2.81. The zero-order chi connectivity index (χ0) is 12.1. The zero-order valence-electron chi connectivity index (χ0n) is 10.3. The van der Waals surface area contributed by atoms with Crippen LogP contribution in [0.5, 0.6) is 0 Å². The van der Waals surface area contributed by atoms with Gasteiger partial charge in [-0.2, -0.15) is 0 Å². The molecular weight excluding hydrogens is 202 g/mol. The highest BCUT2D eigenvalue weighted by Gasteiger charge is 2.17. The fourth-order valence-electron chi connectivity index (χ4n) is 1.87. The van der Waals surface area contributed by atoms with Crippen molar-refractivity contribution < 1.29 is 14.5 Å². The van der Waals surface area contributed by atoms with Gasteiger partial charge in [0.2, 0.25) is 0 Å². The summed E-state index contributed by atoms with van der Waals surface area (Å²) in [5.74, 6) is -0.824. The lowest BCUT2D eigenvalue weighted by atomic mass is 10.0. The van der Waals surface area contributed by atoms with E-state index in [1.54, 1.807) is 6.07 Å². The van der Waals surface area contributed by atoms with E-state index in [2.05, 4.69) is 6.92 Å². The molecule has 0 aliphatic carbocycles. The summed E-state index contributed by atoms with van der Waals surface area (Å²) >= 11 is 0. The van der Waals surface area contributed by atoms with Crippen molar-refractivity contribution in [3.63, 3.8) is 0 Å². The number of carbonyl (C=O) groups is 1. The topological polar surface area (TPSA) is 41.2 Å². The number of aromatic nitrogens is 1. The molecule has 3 heteroatoms. The summed E-state index contributed by atoms with van der Waals surface area (Å²) in [5, 5.41) is 9.13. The first kappa shape index (κ1) is 12.7. The molecule has 3 nitrogen and oxygen atoms in total. The van der Waals surface area contributed by atoms with Crippen LogP contribution >= 0.6 is 0 Å². The molecule has 1 aromatic heterocycles. The van der Waals surface area contributed by atoms with Gasteiger partial charge in [0.15, 0.2) is 11.9 Å². The summed E-state index contributed by atoms with van der Waals surface area (Å²) in [6.45, 7) is 4.13. The Morgan fingerprint density at radius 2 is 2.12 bits per heavy atom. The number of nitrogens with zero attached hydrogens (tertiary/aromatic N) is 1. The Hall–Kier alpha value is -1.38. The fraction of sp³-hybridized carbons (Fsp3) is 0.538. The van der Waals surface area contributed by atoms with Crippen molar-refractivity contribution in [3.05, 3.63) is 29.1 Å². The van der Waals surface area contributed by atoms with Gasteiger partial charge in [-0.05, 0) is 12.8 Å². The van der Waals surface area contributed by atoms with E-state index in [1.165, 1.54) is 0 Å². The average Bonchev–Trinajstić information content (AvgIpc) is 2.24. The van der Waals surface area contributed by atoms with E-state index < -0.39 is 5.97 Å². The van der Waals surface area contributed by atoms with Crippen LogP contribution in [0, 0.1) is 6.92 Å². The van der Waals surface area contributed by atoms with Crippen LogP contribution in [-0.2, 0) is 13.5 Å². The first-order chi connectivity index (χ1) is 7.57.